The van der Waals surface area contributed by atoms with E-state index in [0.29, 0.717) is 16.3 Å². The highest BCUT2D eigenvalue weighted by Gasteiger charge is 2.37. The van der Waals surface area contributed by atoms with Crippen LogP contribution < -0.4 is 10.6 Å². The summed E-state index contributed by atoms with van der Waals surface area (Å²) in [6.07, 6.45) is 2.85. The van der Waals surface area contributed by atoms with Crippen molar-refractivity contribution < 1.29 is 9.59 Å². The summed E-state index contributed by atoms with van der Waals surface area (Å²) in [5.74, 6) is -0.835. The number of nitrogens with zero attached hydrogens (tertiary/aromatic N) is 2. The molecule has 0 atom stereocenters. The minimum absolute atomic E-state index is 0.273. The van der Waals surface area contributed by atoms with Crippen LogP contribution in [0.1, 0.15) is 20.7 Å². The van der Waals surface area contributed by atoms with Gasteiger partial charge in [0.2, 0.25) is 0 Å². The number of carbonyl (C=O) groups is 2. The largest absolute Gasteiger partial charge is 0.397 e. The molecule has 0 fully saturated rings. The van der Waals surface area contributed by atoms with Crippen LogP contribution in [0.4, 0.5) is 11.4 Å². The molecule has 19 heavy (non-hydrogen) atoms. The molecule has 5 nitrogen and oxygen atoms in total. The second-order valence-electron chi connectivity index (χ2n) is 4.07. The lowest BCUT2D eigenvalue weighted by atomic mass is 10.2. The average Bonchev–Trinajstić information content (AvgIpc) is 2.64. The number of hydrogen-bond donors (Lipinski definition) is 1. The predicted octanol–water partition coefficient (Wildman–Crippen LogP) is 2.12. The molecule has 3 rings (SSSR count). The molecule has 2 heterocycles. The number of aromatic nitrogens is 1. The van der Waals surface area contributed by atoms with Crippen molar-refractivity contribution in [2.75, 3.05) is 10.6 Å². The summed E-state index contributed by atoms with van der Waals surface area (Å²) >= 11 is 5.81. The Labute approximate surface area is 113 Å². The highest BCUT2D eigenvalue weighted by molar-refractivity contribution is 6.35. The Kier molecular flexibility index (Phi) is 2.50. The van der Waals surface area contributed by atoms with E-state index < -0.39 is 11.8 Å². The van der Waals surface area contributed by atoms with E-state index >= 15 is 0 Å². The summed E-state index contributed by atoms with van der Waals surface area (Å²) < 4.78 is 0. The third kappa shape index (κ3) is 1.67. The number of fused-ring (bicyclic) bond motifs is 1. The molecule has 2 aromatic rings. The Hall–Kier alpha value is -2.40. The van der Waals surface area contributed by atoms with Gasteiger partial charge in [-0.1, -0.05) is 11.6 Å². The number of nitrogens with two attached hydrogens (primary N) is 1. The van der Waals surface area contributed by atoms with Gasteiger partial charge in [-0.25, -0.2) is 4.90 Å². The summed E-state index contributed by atoms with van der Waals surface area (Å²) in [4.78, 5) is 29.3. The van der Waals surface area contributed by atoms with E-state index in [1.54, 1.807) is 12.1 Å². The van der Waals surface area contributed by atoms with Gasteiger partial charge < -0.3 is 5.73 Å². The third-order valence-electron chi connectivity index (χ3n) is 2.92. The minimum Gasteiger partial charge on any atom is -0.397 e. The molecular formula is C13H8ClN3O2. The van der Waals surface area contributed by atoms with Gasteiger partial charge in [0.1, 0.15) is 0 Å². The lowest BCUT2D eigenvalue weighted by Gasteiger charge is -2.16. The zero-order valence-corrected chi connectivity index (χ0v) is 10.4. The zero-order chi connectivity index (χ0) is 13.6. The second kappa shape index (κ2) is 4.07. The molecule has 0 bridgehead atoms. The van der Waals surface area contributed by atoms with Gasteiger partial charge in [0.05, 0.1) is 22.5 Å². The number of imide groups is 1. The SMILES string of the molecule is Nc1cc(Cl)ccc1N1C(=O)c2ccncc2C1=O. The lowest BCUT2D eigenvalue weighted by Crippen LogP contribution is -2.30. The number of nitrogen functional groups attached to an aromatic ring is 1. The van der Waals surface area contributed by atoms with Crippen molar-refractivity contribution in [2.24, 2.45) is 0 Å². The molecule has 2 amide bonds. The maximum Gasteiger partial charge on any atom is 0.267 e. The molecule has 0 saturated carbocycles. The van der Waals surface area contributed by atoms with Gasteiger partial charge in [-0.3, -0.25) is 14.6 Å². The molecule has 1 aliphatic heterocycles. The van der Waals surface area contributed by atoms with Crippen molar-refractivity contribution in [1.82, 2.24) is 4.98 Å². The van der Waals surface area contributed by atoms with Crippen LogP contribution in [0.3, 0.4) is 0 Å². The summed E-state index contributed by atoms with van der Waals surface area (Å²) in [5.41, 5.74) is 7.02. The Bertz CT molecular complexity index is 680. The maximum atomic E-state index is 12.2. The maximum absolute atomic E-state index is 12.2. The first-order valence-corrected chi connectivity index (χ1v) is 5.85. The Morgan fingerprint density at radius 2 is 1.84 bits per heavy atom. The number of halogens is 1. The highest BCUT2D eigenvalue weighted by atomic mass is 35.5. The predicted molar refractivity (Wildman–Crippen MR) is 71.2 cm³/mol. The van der Waals surface area contributed by atoms with Crippen molar-refractivity contribution in [3.63, 3.8) is 0 Å². The summed E-state index contributed by atoms with van der Waals surface area (Å²) in [6, 6.07) is 6.14. The Morgan fingerprint density at radius 3 is 2.53 bits per heavy atom. The van der Waals surface area contributed by atoms with Crippen molar-refractivity contribution in [2.45, 2.75) is 0 Å². The van der Waals surface area contributed by atoms with Crippen LogP contribution in [0, 0.1) is 0 Å². The monoisotopic (exact) mass is 273 g/mol. The fraction of sp³-hybridized carbons (Fsp3) is 0. The van der Waals surface area contributed by atoms with E-state index in [1.807, 2.05) is 0 Å². The summed E-state index contributed by atoms with van der Waals surface area (Å²) in [5, 5.41) is 0.444. The summed E-state index contributed by atoms with van der Waals surface area (Å²) in [6.45, 7) is 0. The molecule has 0 aliphatic carbocycles. The summed E-state index contributed by atoms with van der Waals surface area (Å²) in [7, 11) is 0. The molecule has 1 aliphatic rings. The van der Waals surface area contributed by atoms with Crippen molar-refractivity contribution in [3.05, 3.63) is 52.8 Å². The van der Waals surface area contributed by atoms with Gasteiger partial charge in [-0.2, -0.15) is 0 Å². The van der Waals surface area contributed by atoms with Crippen molar-refractivity contribution >= 4 is 34.8 Å². The van der Waals surface area contributed by atoms with Crippen molar-refractivity contribution in [3.8, 4) is 0 Å². The average molecular weight is 274 g/mol. The molecule has 0 radical (unpaired) electrons. The number of anilines is 2. The van der Waals surface area contributed by atoms with E-state index in [0.717, 1.165) is 4.90 Å². The van der Waals surface area contributed by atoms with Crippen LogP contribution in [-0.2, 0) is 0 Å². The smallest absolute Gasteiger partial charge is 0.267 e. The van der Waals surface area contributed by atoms with E-state index in [9.17, 15) is 9.59 Å². The number of amides is 2. The van der Waals surface area contributed by atoms with E-state index in [1.165, 1.54) is 24.5 Å². The van der Waals surface area contributed by atoms with E-state index in [-0.39, 0.29) is 11.3 Å². The van der Waals surface area contributed by atoms with Gasteiger partial charge in [-0.05, 0) is 24.3 Å². The molecule has 0 unspecified atom stereocenters. The molecule has 1 aromatic heterocycles. The fourth-order valence-corrected chi connectivity index (χ4v) is 2.21. The zero-order valence-electron chi connectivity index (χ0n) is 9.63. The molecule has 1 aromatic carbocycles. The van der Waals surface area contributed by atoms with Crippen LogP contribution in [0.15, 0.2) is 36.7 Å². The van der Waals surface area contributed by atoms with Crippen molar-refractivity contribution in [1.29, 1.82) is 0 Å². The van der Waals surface area contributed by atoms with Gasteiger partial charge in [0.15, 0.2) is 0 Å². The number of rotatable bonds is 1. The number of pyridine rings is 1. The van der Waals surface area contributed by atoms with Crippen LogP contribution in [0.2, 0.25) is 5.02 Å². The molecule has 94 valence electrons. The van der Waals surface area contributed by atoms with Gasteiger partial charge in [-0.15, -0.1) is 0 Å². The van der Waals surface area contributed by atoms with E-state index in [4.69, 9.17) is 17.3 Å². The van der Waals surface area contributed by atoms with Gasteiger partial charge >= 0.3 is 0 Å². The molecule has 2 N–H and O–H groups in total. The molecular weight excluding hydrogens is 266 g/mol. The standard InChI is InChI=1S/C13H8ClN3O2/c14-7-1-2-11(10(15)5-7)17-12(18)8-3-4-16-6-9(8)13(17)19/h1-6H,15H2. The van der Waals surface area contributed by atoms with Crippen LogP contribution in [-0.4, -0.2) is 16.8 Å². The Balaban J connectivity index is 2.14. The first-order chi connectivity index (χ1) is 9.09. The van der Waals surface area contributed by atoms with Gasteiger partial charge in [0.25, 0.3) is 11.8 Å². The van der Waals surface area contributed by atoms with Crippen LogP contribution in [0.5, 0.6) is 0 Å². The highest BCUT2D eigenvalue weighted by Crippen LogP contribution is 2.32. The lowest BCUT2D eigenvalue weighted by molar-refractivity contribution is 0.0926. The molecule has 0 spiro atoms. The first kappa shape index (κ1) is 11.7. The first-order valence-electron chi connectivity index (χ1n) is 5.47. The number of carbonyl (C=O) groups excluding carboxylic acids is 2. The quantitative estimate of drug-likeness (QED) is 0.638. The third-order valence-corrected chi connectivity index (χ3v) is 3.15. The van der Waals surface area contributed by atoms with Crippen LogP contribution >= 0.6 is 11.6 Å². The topological polar surface area (TPSA) is 76.3 Å². The van der Waals surface area contributed by atoms with E-state index in [2.05, 4.69) is 4.98 Å². The fourth-order valence-electron chi connectivity index (χ4n) is 2.03. The normalized spacial score (nSPS) is 13.8. The van der Waals surface area contributed by atoms with Gasteiger partial charge in [0, 0.05) is 17.4 Å². The number of hydrogen-bond acceptors (Lipinski definition) is 4. The number of benzene rings is 1. The van der Waals surface area contributed by atoms with Crippen LogP contribution in [0.25, 0.3) is 0 Å². The molecule has 0 saturated heterocycles. The Morgan fingerprint density at radius 1 is 1.11 bits per heavy atom. The minimum atomic E-state index is -0.429. The second-order valence-corrected chi connectivity index (χ2v) is 4.51. The molecule has 6 heteroatoms.